The average Bonchev–Trinajstić information content (AvgIpc) is 3.37. The Hall–Kier alpha value is -2.98. The number of nitrogens with two attached hydrogens (primary N) is 1. The zero-order chi connectivity index (χ0) is 18.4. The van der Waals surface area contributed by atoms with E-state index in [9.17, 15) is 5.26 Å². The van der Waals surface area contributed by atoms with Gasteiger partial charge in [0, 0.05) is 49.5 Å². The predicted molar refractivity (Wildman–Crippen MR) is 98.9 cm³/mol. The number of hydrogen-bond donors (Lipinski definition) is 1. The van der Waals surface area contributed by atoms with E-state index in [0.29, 0.717) is 24.5 Å². The molecule has 1 saturated heterocycles. The van der Waals surface area contributed by atoms with E-state index in [1.54, 1.807) is 0 Å². The number of benzene rings is 1. The minimum atomic E-state index is 0.204. The van der Waals surface area contributed by atoms with Crippen LogP contribution >= 0.6 is 0 Å². The molecular weight excluding hydrogens is 344 g/mol. The smallest absolute Gasteiger partial charge is 0.231 e. The molecule has 0 saturated carbocycles. The number of fused-ring (bicyclic) bond motifs is 2. The first-order chi connectivity index (χ1) is 13.2. The van der Waals surface area contributed by atoms with Gasteiger partial charge in [0.05, 0.1) is 12.2 Å². The molecule has 1 aromatic heterocycles. The van der Waals surface area contributed by atoms with Gasteiger partial charge in [-0.25, -0.2) is 4.98 Å². The minimum Gasteiger partial charge on any atom is -0.454 e. The highest BCUT2D eigenvalue weighted by molar-refractivity contribution is 5.62. The largest absolute Gasteiger partial charge is 0.454 e. The summed E-state index contributed by atoms with van der Waals surface area (Å²) < 4.78 is 16.5. The van der Waals surface area contributed by atoms with Crippen LogP contribution in [0.15, 0.2) is 18.2 Å². The number of nitrogen functional groups attached to an aromatic ring is 1. The van der Waals surface area contributed by atoms with Crippen LogP contribution in [0.25, 0.3) is 0 Å². The number of rotatable bonds is 2. The van der Waals surface area contributed by atoms with Crippen molar-refractivity contribution >= 4 is 11.5 Å². The standard InChI is InChI=1S/C20H20N4O3/c21-8-14-19(12-4-6-25-10-12)15-9-24(5-3-16(15)23-20(14)22)13-1-2-17-18(7-13)27-11-26-17/h1-2,7,12H,3-6,9-11H2,(H2,22,23)/t12-/m1/s1. The molecule has 0 bridgehead atoms. The molecule has 7 heteroatoms. The summed E-state index contributed by atoms with van der Waals surface area (Å²) in [6.45, 7) is 3.16. The summed E-state index contributed by atoms with van der Waals surface area (Å²) >= 11 is 0. The van der Waals surface area contributed by atoms with Gasteiger partial charge in [-0.3, -0.25) is 0 Å². The van der Waals surface area contributed by atoms with Gasteiger partial charge < -0.3 is 24.8 Å². The maximum Gasteiger partial charge on any atom is 0.231 e. The van der Waals surface area contributed by atoms with Crippen molar-refractivity contribution < 1.29 is 14.2 Å². The van der Waals surface area contributed by atoms with E-state index in [1.165, 1.54) is 0 Å². The minimum absolute atomic E-state index is 0.204. The number of pyridine rings is 1. The second-order valence-corrected chi connectivity index (χ2v) is 7.09. The van der Waals surface area contributed by atoms with Crippen molar-refractivity contribution in [3.63, 3.8) is 0 Å². The van der Waals surface area contributed by atoms with E-state index in [2.05, 4.69) is 16.0 Å². The van der Waals surface area contributed by atoms with Gasteiger partial charge in [-0.1, -0.05) is 0 Å². The monoisotopic (exact) mass is 364 g/mol. The van der Waals surface area contributed by atoms with Crippen molar-refractivity contribution in [2.24, 2.45) is 0 Å². The van der Waals surface area contributed by atoms with Crippen LogP contribution in [0.3, 0.4) is 0 Å². The van der Waals surface area contributed by atoms with Crippen LogP contribution in [0, 0.1) is 11.3 Å². The SMILES string of the molecule is N#Cc1c(N)nc2c(c1[C@@H]1CCOC1)CN(c1ccc3c(c1)OCO3)CC2. The lowest BCUT2D eigenvalue weighted by Crippen LogP contribution is -2.33. The Morgan fingerprint density at radius 3 is 2.96 bits per heavy atom. The molecule has 0 aliphatic carbocycles. The summed E-state index contributed by atoms with van der Waals surface area (Å²) in [7, 11) is 0. The highest BCUT2D eigenvalue weighted by Crippen LogP contribution is 2.39. The number of hydrogen-bond acceptors (Lipinski definition) is 7. The van der Waals surface area contributed by atoms with Gasteiger partial charge in [-0.15, -0.1) is 0 Å². The third kappa shape index (κ3) is 2.64. The Bertz CT molecular complexity index is 947. The number of nitrogens with zero attached hydrogens (tertiary/aromatic N) is 3. The van der Waals surface area contributed by atoms with Crippen LogP contribution in [0.1, 0.15) is 34.7 Å². The molecule has 138 valence electrons. The Kier molecular flexibility index (Phi) is 3.80. The maximum atomic E-state index is 9.70. The van der Waals surface area contributed by atoms with E-state index in [4.69, 9.17) is 19.9 Å². The van der Waals surface area contributed by atoms with Gasteiger partial charge in [0.2, 0.25) is 6.79 Å². The lowest BCUT2D eigenvalue weighted by atomic mass is 9.86. The number of nitriles is 1. The van der Waals surface area contributed by atoms with Gasteiger partial charge in [-0.2, -0.15) is 5.26 Å². The lowest BCUT2D eigenvalue weighted by molar-refractivity contribution is 0.174. The quantitative estimate of drug-likeness (QED) is 0.874. The second-order valence-electron chi connectivity index (χ2n) is 7.09. The van der Waals surface area contributed by atoms with Crippen molar-refractivity contribution in [1.29, 1.82) is 5.26 Å². The molecule has 0 amide bonds. The fourth-order valence-electron chi connectivity index (χ4n) is 4.24. The van der Waals surface area contributed by atoms with Crippen LogP contribution < -0.4 is 20.1 Å². The zero-order valence-electron chi connectivity index (χ0n) is 14.9. The van der Waals surface area contributed by atoms with Gasteiger partial charge in [0.1, 0.15) is 11.9 Å². The zero-order valence-corrected chi connectivity index (χ0v) is 14.9. The van der Waals surface area contributed by atoms with E-state index in [0.717, 1.165) is 60.0 Å². The molecule has 5 rings (SSSR count). The normalized spacial score (nSPS) is 20.4. The van der Waals surface area contributed by atoms with Crippen molar-refractivity contribution in [1.82, 2.24) is 4.98 Å². The Morgan fingerprint density at radius 1 is 1.26 bits per heavy atom. The molecule has 3 aliphatic heterocycles. The molecular formula is C20H20N4O3. The van der Waals surface area contributed by atoms with E-state index < -0.39 is 0 Å². The van der Waals surface area contributed by atoms with Crippen LogP contribution in [-0.4, -0.2) is 31.5 Å². The lowest BCUT2D eigenvalue weighted by Gasteiger charge is -2.33. The molecule has 2 aromatic rings. The van der Waals surface area contributed by atoms with Crippen LogP contribution in [0.4, 0.5) is 11.5 Å². The Morgan fingerprint density at radius 2 is 2.15 bits per heavy atom. The first kappa shape index (κ1) is 16.2. The van der Waals surface area contributed by atoms with Crippen LogP contribution in [0.2, 0.25) is 0 Å². The third-order valence-electron chi connectivity index (χ3n) is 5.59. The molecule has 1 fully saturated rings. The number of ether oxygens (including phenoxy) is 3. The first-order valence-electron chi connectivity index (χ1n) is 9.18. The summed E-state index contributed by atoms with van der Waals surface area (Å²) in [5.74, 6) is 2.10. The first-order valence-corrected chi connectivity index (χ1v) is 9.18. The molecule has 4 heterocycles. The molecule has 0 radical (unpaired) electrons. The van der Waals surface area contributed by atoms with E-state index >= 15 is 0 Å². The van der Waals surface area contributed by atoms with E-state index in [1.807, 2.05) is 18.2 Å². The molecule has 2 N–H and O–H groups in total. The molecule has 1 atom stereocenters. The Balaban J connectivity index is 1.55. The van der Waals surface area contributed by atoms with Crippen molar-refractivity contribution in [2.75, 3.05) is 37.2 Å². The topological polar surface area (TPSA) is 93.6 Å². The molecule has 7 nitrogen and oxygen atoms in total. The summed E-state index contributed by atoms with van der Waals surface area (Å²) in [5, 5.41) is 9.70. The van der Waals surface area contributed by atoms with Crippen LogP contribution in [-0.2, 0) is 17.7 Å². The highest BCUT2D eigenvalue weighted by Gasteiger charge is 2.31. The van der Waals surface area contributed by atoms with Gasteiger partial charge in [0.25, 0.3) is 0 Å². The van der Waals surface area contributed by atoms with Crippen molar-refractivity contribution in [2.45, 2.75) is 25.3 Å². The van der Waals surface area contributed by atoms with Gasteiger partial charge in [-0.05, 0) is 29.7 Å². The molecule has 0 unspecified atom stereocenters. The van der Waals surface area contributed by atoms with Crippen molar-refractivity contribution in [3.8, 4) is 17.6 Å². The van der Waals surface area contributed by atoms with Crippen LogP contribution in [0.5, 0.6) is 11.5 Å². The summed E-state index contributed by atoms with van der Waals surface area (Å²) in [5.41, 5.74) is 10.9. The summed E-state index contributed by atoms with van der Waals surface area (Å²) in [6, 6.07) is 8.29. The highest BCUT2D eigenvalue weighted by atomic mass is 16.7. The van der Waals surface area contributed by atoms with Gasteiger partial charge >= 0.3 is 0 Å². The van der Waals surface area contributed by atoms with Crippen molar-refractivity contribution in [3.05, 3.63) is 40.6 Å². The van der Waals surface area contributed by atoms with E-state index in [-0.39, 0.29) is 12.7 Å². The maximum absolute atomic E-state index is 9.70. The molecule has 0 spiro atoms. The van der Waals surface area contributed by atoms with Gasteiger partial charge in [0.15, 0.2) is 11.5 Å². The number of aromatic nitrogens is 1. The molecule has 1 aromatic carbocycles. The molecule has 27 heavy (non-hydrogen) atoms. The fraction of sp³-hybridized carbons (Fsp3) is 0.400. The summed E-state index contributed by atoms with van der Waals surface area (Å²) in [4.78, 5) is 6.84. The Labute approximate surface area is 157 Å². The molecule has 3 aliphatic rings. The summed E-state index contributed by atoms with van der Waals surface area (Å²) in [6.07, 6.45) is 1.70. The predicted octanol–water partition coefficient (Wildman–Crippen LogP) is 2.33. The third-order valence-corrected chi connectivity index (χ3v) is 5.59. The number of anilines is 2. The average molecular weight is 364 g/mol. The fourth-order valence-corrected chi connectivity index (χ4v) is 4.24. The second kappa shape index (κ2) is 6.32.